The Morgan fingerprint density at radius 2 is 2.04 bits per heavy atom. The predicted octanol–water partition coefficient (Wildman–Crippen LogP) is 4.01. The first-order valence-electron chi connectivity index (χ1n) is 9.28. The normalized spacial score (nSPS) is 14.4. The summed E-state index contributed by atoms with van der Waals surface area (Å²) in [4.78, 5) is 18.4. The van der Waals surface area contributed by atoms with Gasteiger partial charge in [0.05, 0.1) is 5.69 Å². The minimum Gasteiger partial charge on any atom is -0.482 e. The number of para-hydroxylation sites is 1. The Hall–Kier alpha value is -3.35. The zero-order chi connectivity index (χ0) is 19.5. The van der Waals surface area contributed by atoms with Crippen LogP contribution < -0.4 is 14.4 Å². The molecule has 2 aromatic carbocycles. The van der Waals surface area contributed by atoms with E-state index in [1.54, 1.807) is 4.90 Å². The van der Waals surface area contributed by atoms with Gasteiger partial charge in [0.15, 0.2) is 12.7 Å². The van der Waals surface area contributed by atoms with Gasteiger partial charge in [-0.3, -0.25) is 4.79 Å². The molecule has 1 aliphatic rings. The highest BCUT2D eigenvalue weighted by Crippen LogP contribution is 2.35. The average Bonchev–Trinajstić information content (AvgIpc) is 3.21. The van der Waals surface area contributed by atoms with Crippen LogP contribution >= 0.6 is 0 Å². The summed E-state index contributed by atoms with van der Waals surface area (Å²) in [5.41, 5.74) is 1.48. The van der Waals surface area contributed by atoms with Crippen molar-refractivity contribution in [1.29, 1.82) is 0 Å². The number of benzene rings is 2. The van der Waals surface area contributed by atoms with Crippen LogP contribution in [-0.4, -0.2) is 29.2 Å². The first-order chi connectivity index (χ1) is 13.7. The molecular weight excluding hydrogens is 358 g/mol. The molecule has 0 unspecified atom stereocenters. The zero-order valence-corrected chi connectivity index (χ0v) is 15.8. The maximum absolute atomic E-state index is 12.2. The van der Waals surface area contributed by atoms with Gasteiger partial charge in [0, 0.05) is 12.1 Å². The summed E-state index contributed by atoms with van der Waals surface area (Å²) in [5.74, 6) is 2.19. The third kappa shape index (κ3) is 3.55. The van der Waals surface area contributed by atoms with Crippen LogP contribution in [0.25, 0.3) is 11.4 Å². The van der Waals surface area contributed by atoms with Crippen molar-refractivity contribution in [2.45, 2.75) is 26.4 Å². The van der Waals surface area contributed by atoms with Crippen LogP contribution in [0.1, 0.15) is 32.3 Å². The number of carbonyl (C=O) groups is 1. The molecule has 7 nitrogen and oxygen atoms in total. The standard InChI is InChI=1S/C21H21N3O4/c1-3-11-24-17-12-15(9-10-18(17)26-13-19(24)25)20-22-21(28-23-20)14(2)27-16-7-5-4-6-8-16/h4-10,12,14H,3,11,13H2,1-2H3/t14-/m1/s1. The number of amides is 1. The maximum atomic E-state index is 12.2. The fourth-order valence-electron chi connectivity index (χ4n) is 3.08. The summed E-state index contributed by atoms with van der Waals surface area (Å²) in [6.07, 6.45) is 0.471. The highest BCUT2D eigenvalue weighted by Gasteiger charge is 2.26. The van der Waals surface area contributed by atoms with E-state index in [-0.39, 0.29) is 18.6 Å². The molecule has 1 atom stereocenters. The van der Waals surface area contributed by atoms with Gasteiger partial charge in [-0.25, -0.2) is 0 Å². The molecule has 0 N–H and O–H groups in total. The first-order valence-corrected chi connectivity index (χ1v) is 9.28. The van der Waals surface area contributed by atoms with Gasteiger partial charge in [0.2, 0.25) is 5.82 Å². The lowest BCUT2D eigenvalue weighted by atomic mass is 10.1. The Labute approximate surface area is 162 Å². The zero-order valence-electron chi connectivity index (χ0n) is 15.8. The molecule has 0 aliphatic carbocycles. The molecule has 0 spiro atoms. The van der Waals surface area contributed by atoms with E-state index in [9.17, 15) is 4.79 Å². The van der Waals surface area contributed by atoms with E-state index in [0.29, 0.717) is 24.0 Å². The van der Waals surface area contributed by atoms with Crippen molar-refractivity contribution in [3.05, 3.63) is 54.4 Å². The SMILES string of the molecule is CCCN1C(=O)COc2ccc(-c3noc([C@@H](C)Oc4ccccc4)n3)cc21. The molecular formula is C21H21N3O4. The average molecular weight is 379 g/mol. The van der Waals surface area contributed by atoms with Crippen LogP contribution in [0.4, 0.5) is 5.69 Å². The highest BCUT2D eigenvalue weighted by atomic mass is 16.5. The fraction of sp³-hybridized carbons (Fsp3) is 0.286. The fourth-order valence-corrected chi connectivity index (χ4v) is 3.08. The largest absolute Gasteiger partial charge is 0.482 e. The van der Waals surface area contributed by atoms with Crippen LogP contribution in [0.3, 0.4) is 0 Å². The molecule has 7 heteroatoms. The number of rotatable bonds is 6. The molecule has 0 fully saturated rings. The summed E-state index contributed by atoms with van der Waals surface area (Å²) in [6, 6.07) is 15.0. The molecule has 144 valence electrons. The van der Waals surface area contributed by atoms with Crippen molar-refractivity contribution in [3.63, 3.8) is 0 Å². The number of hydrogen-bond donors (Lipinski definition) is 0. The van der Waals surface area contributed by atoms with E-state index in [4.69, 9.17) is 14.0 Å². The summed E-state index contributed by atoms with van der Waals surface area (Å²) < 4.78 is 16.8. The summed E-state index contributed by atoms with van der Waals surface area (Å²) in [7, 11) is 0. The van der Waals surface area contributed by atoms with E-state index >= 15 is 0 Å². The Balaban J connectivity index is 1.58. The number of nitrogens with zero attached hydrogens (tertiary/aromatic N) is 3. The molecule has 1 aromatic heterocycles. The Bertz CT molecular complexity index is 971. The van der Waals surface area contributed by atoms with Crippen molar-refractivity contribution in [3.8, 4) is 22.9 Å². The minimum atomic E-state index is -0.386. The number of fused-ring (bicyclic) bond motifs is 1. The van der Waals surface area contributed by atoms with Crippen LogP contribution in [0.15, 0.2) is 53.1 Å². The van der Waals surface area contributed by atoms with E-state index in [0.717, 1.165) is 23.4 Å². The molecule has 1 amide bonds. The summed E-state index contributed by atoms with van der Waals surface area (Å²) in [6.45, 7) is 4.59. The van der Waals surface area contributed by atoms with Crippen molar-refractivity contribution >= 4 is 11.6 Å². The van der Waals surface area contributed by atoms with E-state index in [2.05, 4.69) is 10.1 Å². The smallest absolute Gasteiger partial charge is 0.267 e. The topological polar surface area (TPSA) is 77.7 Å². The monoisotopic (exact) mass is 379 g/mol. The van der Waals surface area contributed by atoms with Crippen molar-refractivity contribution in [1.82, 2.24) is 10.1 Å². The lowest BCUT2D eigenvalue weighted by molar-refractivity contribution is -0.121. The molecule has 0 saturated carbocycles. The van der Waals surface area contributed by atoms with Crippen LogP contribution in [-0.2, 0) is 4.79 Å². The van der Waals surface area contributed by atoms with Gasteiger partial charge in [0.25, 0.3) is 11.8 Å². The highest BCUT2D eigenvalue weighted by molar-refractivity contribution is 5.98. The number of carbonyl (C=O) groups excluding carboxylic acids is 1. The first kappa shape index (κ1) is 18.0. The maximum Gasteiger partial charge on any atom is 0.267 e. The van der Waals surface area contributed by atoms with E-state index in [1.165, 1.54) is 0 Å². The molecule has 4 rings (SSSR count). The van der Waals surface area contributed by atoms with Crippen molar-refractivity contribution in [2.75, 3.05) is 18.1 Å². The quantitative estimate of drug-likeness (QED) is 0.644. The second-order valence-electron chi connectivity index (χ2n) is 6.55. The summed E-state index contributed by atoms with van der Waals surface area (Å²) in [5, 5.41) is 4.08. The van der Waals surface area contributed by atoms with Gasteiger partial charge in [-0.1, -0.05) is 30.3 Å². The lowest BCUT2D eigenvalue weighted by Crippen LogP contribution is -2.39. The third-order valence-corrected chi connectivity index (χ3v) is 4.45. The van der Waals surface area contributed by atoms with E-state index in [1.807, 2.05) is 62.4 Å². The summed E-state index contributed by atoms with van der Waals surface area (Å²) >= 11 is 0. The van der Waals surface area contributed by atoms with Gasteiger partial charge in [-0.05, 0) is 43.7 Å². The molecule has 0 saturated heterocycles. The minimum absolute atomic E-state index is 0.0508. The second kappa shape index (κ2) is 7.72. The van der Waals surface area contributed by atoms with Gasteiger partial charge in [-0.2, -0.15) is 4.98 Å². The van der Waals surface area contributed by atoms with Crippen molar-refractivity contribution in [2.24, 2.45) is 0 Å². The van der Waals surface area contributed by atoms with Gasteiger partial charge in [-0.15, -0.1) is 0 Å². The molecule has 0 bridgehead atoms. The number of aromatic nitrogens is 2. The Kier molecular flexibility index (Phi) is 4.97. The lowest BCUT2D eigenvalue weighted by Gasteiger charge is -2.29. The van der Waals surface area contributed by atoms with Crippen LogP contribution in [0.2, 0.25) is 0 Å². The molecule has 28 heavy (non-hydrogen) atoms. The van der Waals surface area contributed by atoms with Crippen molar-refractivity contribution < 1.29 is 18.8 Å². The molecule has 0 radical (unpaired) electrons. The second-order valence-corrected chi connectivity index (χ2v) is 6.55. The molecule has 2 heterocycles. The van der Waals surface area contributed by atoms with Gasteiger partial charge >= 0.3 is 0 Å². The molecule has 3 aromatic rings. The van der Waals surface area contributed by atoms with Crippen LogP contribution in [0, 0.1) is 0 Å². The third-order valence-electron chi connectivity index (χ3n) is 4.45. The Morgan fingerprint density at radius 1 is 1.21 bits per heavy atom. The van der Waals surface area contributed by atoms with Crippen LogP contribution in [0.5, 0.6) is 11.5 Å². The Morgan fingerprint density at radius 3 is 2.82 bits per heavy atom. The number of ether oxygens (including phenoxy) is 2. The van der Waals surface area contributed by atoms with E-state index < -0.39 is 0 Å². The van der Waals surface area contributed by atoms with Gasteiger partial charge < -0.3 is 18.9 Å². The van der Waals surface area contributed by atoms with Gasteiger partial charge in [0.1, 0.15) is 11.5 Å². The number of hydrogen-bond acceptors (Lipinski definition) is 6. The predicted molar refractivity (Wildman–Crippen MR) is 103 cm³/mol. The number of anilines is 1. The molecule has 1 aliphatic heterocycles.